The summed E-state index contributed by atoms with van der Waals surface area (Å²) in [7, 11) is 0. The molecule has 0 aliphatic rings. The van der Waals surface area contributed by atoms with Crippen molar-refractivity contribution in [2.45, 2.75) is 27.2 Å². The molecule has 2 N–H and O–H groups in total. The van der Waals surface area contributed by atoms with E-state index in [9.17, 15) is 14.4 Å². The standard InChI is InChI=1S/C9H8N2O4.C2H6/c1-2-4-3-5(12)15-8-6(4)7(13)10-9(14)11-8;1-2/h3H,2H2,1H3,(H2,10,11,13,14);1-2H3. The fraction of sp³-hybridized carbons (Fsp3) is 0.364. The van der Waals surface area contributed by atoms with E-state index in [4.69, 9.17) is 4.42 Å². The third-order valence-corrected chi connectivity index (χ3v) is 2.10. The highest BCUT2D eigenvalue weighted by atomic mass is 16.4. The highest BCUT2D eigenvalue weighted by Gasteiger charge is 2.08. The van der Waals surface area contributed by atoms with E-state index in [1.54, 1.807) is 6.92 Å². The Morgan fingerprint density at radius 1 is 1.18 bits per heavy atom. The summed E-state index contributed by atoms with van der Waals surface area (Å²) in [6, 6.07) is 1.25. The highest BCUT2D eigenvalue weighted by molar-refractivity contribution is 5.75. The van der Waals surface area contributed by atoms with Gasteiger partial charge in [-0.25, -0.2) is 9.59 Å². The Hall–Kier alpha value is -2.11. The fourth-order valence-electron chi connectivity index (χ4n) is 1.46. The molecule has 0 aromatic carbocycles. The smallest absolute Gasteiger partial charge is 0.337 e. The van der Waals surface area contributed by atoms with E-state index >= 15 is 0 Å². The zero-order valence-electron chi connectivity index (χ0n) is 9.92. The molecule has 0 aliphatic heterocycles. The number of nitrogens with one attached hydrogen (secondary N) is 2. The van der Waals surface area contributed by atoms with Gasteiger partial charge in [-0.05, 0) is 12.0 Å². The lowest BCUT2D eigenvalue weighted by Gasteiger charge is -1.99. The van der Waals surface area contributed by atoms with E-state index in [0.717, 1.165) is 0 Å². The number of hydrogen-bond acceptors (Lipinski definition) is 4. The molecule has 92 valence electrons. The van der Waals surface area contributed by atoms with Gasteiger partial charge in [-0.3, -0.25) is 14.8 Å². The van der Waals surface area contributed by atoms with Crippen LogP contribution < -0.4 is 16.9 Å². The predicted octanol–water partition coefficient (Wildman–Crippen LogP) is 0.758. The van der Waals surface area contributed by atoms with Crippen LogP contribution in [-0.2, 0) is 6.42 Å². The number of hydrogen-bond donors (Lipinski definition) is 2. The van der Waals surface area contributed by atoms with Crippen LogP contribution in [0.5, 0.6) is 0 Å². The van der Waals surface area contributed by atoms with Crippen LogP contribution in [0.25, 0.3) is 11.1 Å². The molecule has 2 aromatic heterocycles. The molecule has 0 amide bonds. The largest absolute Gasteiger partial charge is 0.405 e. The van der Waals surface area contributed by atoms with Gasteiger partial charge in [0.2, 0.25) is 5.71 Å². The van der Waals surface area contributed by atoms with Gasteiger partial charge in [-0.1, -0.05) is 20.8 Å². The van der Waals surface area contributed by atoms with Gasteiger partial charge in [0.1, 0.15) is 5.39 Å². The van der Waals surface area contributed by atoms with Crippen molar-refractivity contribution >= 4 is 11.1 Å². The Kier molecular flexibility index (Phi) is 4.03. The Labute approximate surface area is 96.3 Å². The number of aryl methyl sites for hydroxylation is 1. The summed E-state index contributed by atoms with van der Waals surface area (Å²) in [4.78, 5) is 37.8. The van der Waals surface area contributed by atoms with Crippen molar-refractivity contribution < 1.29 is 4.42 Å². The summed E-state index contributed by atoms with van der Waals surface area (Å²) in [6.45, 7) is 5.80. The lowest BCUT2D eigenvalue weighted by Crippen LogP contribution is -2.23. The van der Waals surface area contributed by atoms with Crippen molar-refractivity contribution in [3.8, 4) is 0 Å². The van der Waals surface area contributed by atoms with Gasteiger partial charge in [-0.2, -0.15) is 0 Å². The van der Waals surface area contributed by atoms with Crippen molar-refractivity contribution in [2.75, 3.05) is 0 Å². The van der Waals surface area contributed by atoms with Gasteiger partial charge in [0.05, 0.1) is 0 Å². The highest BCUT2D eigenvalue weighted by Crippen LogP contribution is 2.08. The van der Waals surface area contributed by atoms with Gasteiger partial charge in [0.25, 0.3) is 5.56 Å². The first-order chi connectivity index (χ1) is 8.11. The van der Waals surface area contributed by atoms with E-state index in [-0.39, 0.29) is 11.1 Å². The molecule has 2 aromatic rings. The van der Waals surface area contributed by atoms with Crippen molar-refractivity contribution in [1.82, 2.24) is 9.97 Å². The van der Waals surface area contributed by atoms with Crippen LogP contribution in [0.2, 0.25) is 0 Å². The molecule has 0 atom stereocenters. The van der Waals surface area contributed by atoms with Gasteiger partial charge < -0.3 is 4.42 Å². The molecule has 0 saturated heterocycles. The minimum absolute atomic E-state index is 0.0758. The molecule has 0 aliphatic carbocycles. The van der Waals surface area contributed by atoms with E-state index in [2.05, 4.69) is 9.97 Å². The van der Waals surface area contributed by atoms with Gasteiger partial charge in [0.15, 0.2) is 0 Å². The molecule has 0 spiro atoms. The zero-order chi connectivity index (χ0) is 13.0. The summed E-state index contributed by atoms with van der Waals surface area (Å²) in [5.74, 6) is 0. The van der Waals surface area contributed by atoms with Crippen LogP contribution in [-0.4, -0.2) is 9.97 Å². The lowest BCUT2D eigenvalue weighted by atomic mass is 10.1. The Bertz CT molecular complexity index is 673. The Morgan fingerprint density at radius 3 is 2.41 bits per heavy atom. The maximum absolute atomic E-state index is 11.5. The van der Waals surface area contributed by atoms with Crippen LogP contribution in [0.1, 0.15) is 26.3 Å². The number of fused-ring (bicyclic) bond motifs is 1. The monoisotopic (exact) mass is 238 g/mol. The molecule has 17 heavy (non-hydrogen) atoms. The summed E-state index contributed by atoms with van der Waals surface area (Å²) in [5, 5.41) is 0.219. The van der Waals surface area contributed by atoms with Gasteiger partial charge >= 0.3 is 11.3 Å². The average molecular weight is 238 g/mol. The first-order valence-electron chi connectivity index (χ1n) is 5.41. The quantitative estimate of drug-likeness (QED) is 0.766. The van der Waals surface area contributed by atoms with Crippen molar-refractivity contribution in [3.05, 3.63) is 42.9 Å². The van der Waals surface area contributed by atoms with Crippen LogP contribution >= 0.6 is 0 Å². The second kappa shape index (κ2) is 5.29. The third kappa shape index (κ3) is 2.52. The average Bonchev–Trinajstić information content (AvgIpc) is 2.29. The van der Waals surface area contributed by atoms with Crippen LogP contribution in [0.15, 0.2) is 24.9 Å². The third-order valence-electron chi connectivity index (χ3n) is 2.10. The van der Waals surface area contributed by atoms with Crippen molar-refractivity contribution in [3.63, 3.8) is 0 Å². The second-order valence-corrected chi connectivity index (χ2v) is 3.06. The molecule has 6 nitrogen and oxygen atoms in total. The molecule has 0 fully saturated rings. The number of H-pyrrole nitrogens is 2. The molecule has 2 heterocycles. The van der Waals surface area contributed by atoms with Crippen LogP contribution in [0, 0.1) is 0 Å². The van der Waals surface area contributed by atoms with Crippen molar-refractivity contribution in [2.24, 2.45) is 0 Å². The van der Waals surface area contributed by atoms with Crippen molar-refractivity contribution in [1.29, 1.82) is 0 Å². The molecule has 0 bridgehead atoms. The SMILES string of the molecule is CC.CCc1cc(=O)oc2[nH]c(=O)[nH]c(=O)c12. The minimum atomic E-state index is -0.691. The first kappa shape index (κ1) is 13.0. The molecule has 6 heteroatoms. The summed E-state index contributed by atoms with van der Waals surface area (Å²) in [5.41, 5.74) is -1.34. The zero-order valence-corrected chi connectivity index (χ0v) is 9.92. The minimum Gasteiger partial charge on any atom is -0.405 e. The molecule has 2 rings (SSSR count). The normalized spacial score (nSPS) is 9.82. The Balaban J connectivity index is 0.000000686. The molecule has 0 saturated carbocycles. The van der Waals surface area contributed by atoms with E-state index < -0.39 is 16.9 Å². The van der Waals surface area contributed by atoms with Crippen LogP contribution in [0.3, 0.4) is 0 Å². The maximum Gasteiger partial charge on any atom is 0.337 e. The molecular formula is C11H14N2O4. The lowest BCUT2D eigenvalue weighted by molar-refractivity contribution is 0.544. The molecule has 0 radical (unpaired) electrons. The summed E-state index contributed by atoms with van der Waals surface area (Å²) in [6.07, 6.45) is 0.511. The maximum atomic E-state index is 11.5. The summed E-state index contributed by atoms with van der Waals surface area (Å²) >= 11 is 0. The molecule has 0 unspecified atom stereocenters. The van der Waals surface area contributed by atoms with Gasteiger partial charge in [0, 0.05) is 6.07 Å². The van der Waals surface area contributed by atoms with E-state index in [0.29, 0.717) is 12.0 Å². The Morgan fingerprint density at radius 2 is 1.82 bits per heavy atom. The molecular weight excluding hydrogens is 224 g/mol. The number of aromatic amines is 2. The second-order valence-electron chi connectivity index (χ2n) is 3.06. The number of aromatic nitrogens is 2. The first-order valence-corrected chi connectivity index (χ1v) is 5.41. The predicted molar refractivity (Wildman–Crippen MR) is 64.5 cm³/mol. The summed E-state index contributed by atoms with van der Waals surface area (Å²) < 4.78 is 4.73. The van der Waals surface area contributed by atoms with E-state index in [1.165, 1.54) is 6.07 Å². The van der Waals surface area contributed by atoms with E-state index in [1.807, 2.05) is 13.8 Å². The number of rotatable bonds is 1. The van der Waals surface area contributed by atoms with Crippen LogP contribution in [0.4, 0.5) is 0 Å². The topological polar surface area (TPSA) is 95.9 Å². The fourth-order valence-corrected chi connectivity index (χ4v) is 1.46. The van der Waals surface area contributed by atoms with Gasteiger partial charge in [-0.15, -0.1) is 0 Å².